The van der Waals surface area contributed by atoms with Crippen LogP contribution in [0.15, 0.2) is 6.07 Å². The molecule has 1 fully saturated rings. The third-order valence-corrected chi connectivity index (χ3v) is 5.22. The Labute approximate surface area is 155 Å². The first-order valence-corrected chi connectivity index (χ1v) is 9.82. The summed E-state index contributed by atoms with van der Waals surface area (Å²) >= 11 is 0. The maximum atomic E-state index is 12.6. The molecule has 144 valence electrons. The molecule has 0 aromatic carbocycles. The summed E-state index contributed by atoms with van der Waals surface area (Å²) in [6, 6.07) is 2.00. The van der Waals surface area contributed by atoms with Crippen LogP contribution in [0.25, 0.3) is 0 Å². The second-order valence-electron chi connectivity index (χ2n) is 7.32. The van der Waals surface area contributed by atoms with Crippen molar-refractivity contribution in [1.29, 1.82) is 0 Å². The van der Waals surface area contributed by atoms with Crippen molar-refractivity contribution >= 4 is 11.8 Å². The molecule has 1 aliphatic carbocycles. The molecule has 7 heteroatoms. The number of nitrogens with zero attached hydrogens (tertiary/aromatic N) is 3. The van der Waals surface area contributed by atoms with Gasteiger partial charge in [-0.05, 0) is 38.7 Å². The molecular formula is C19H30N4O3. The zero-order chi connectivity index (χ0) is 18.5. The lowest BCUT2D eigenvalue weighted by Crippen LogP contribution is -2.38. The van der Waals surface area contributed by atoms with Gasteiger partial charge < -0.3 is 15.0 Å². The fourth-order valence-electron chi connectivity index (χ4n) is 3.40. The Hall–Kier alpha value is -1.89. The molecule has 0 unspecified atom stereocenters. The summed E-state index contributed by atoms with van der Waals surface area (Å²) in [5.41, 5.74) is 1.88. The van der Waals surface area contributed by atoms with Crippen LogP contribution in [-0.2, 0) is 34.0 Å². The number of hydrogen-bond acceptors (Lipinski definition) is 4. The van der Waals surface area contributed by atoms with Crippen molar-refractivity contribution in [2.75, 3.05) is 13.2 Å². The van der Waals surface area contributed by atoms with Crippen LogP contribution >= 0.6 is 0 Å². The predicted octanol–water partition coefficient (Wildman–Crippen LogP) is 1.85. The van der Waals surface area contributed by atoms with E-state index in [2.05, 4.69) is 10.4 Å². The lowest BCUT2D eigenvalue weighted by Gasteiger charge is -2.30. The van der Waals surface area contributed by atoms with Gasteiger partial charge in [0.25, 0.3) is 0 Å². The van der Waals surface area contributed by atoms with Crippen LogP contribution in [0.1, 0.15) is 57.3 Å². The third-order valence-electron chi connectivity index (χ3n) is 5.22. The minimum atomic E-state index is -0.453. The van der Waals surface area contributed by atoms with Crippen molar-refractivity contribution in [2.45, 2.75) is 71.7 Å². The fraction of sp³-hybridized carbons (Fsp3) is 0.737. The first kappa shape index (κ1) is 18.9. The molecule has 1 saturated carbocycles. The van der Waals surface area contributed by atoms with E-state index in [1.54, 1.807) is 6.92 Å². The number of carbonyl (C=O) groups excluding carboxylic acids is 2. The molecule has 0 radical (unpaired) electrons. The monoisotopic (exact) mass is 362 g/mol. The van der Waals surface area contributed by atoms with Gasteiger partial charge in [-0.15, -0.1) is 0 Å². The zero-order valence-corrected chi connectivity index (χ0v) is 15.9. The smallest absolute Gasteiger partial charge is 0.249 e. The van der Waals surface area contributed by atoms with Crippen molar-refractivity contribution in [3.05, 3.63) is 17.5 Å². The van der Waals surface area contributed by atoms with Gasteiger partial charge in [0.2, 0.25) is 11.8 Å². The SMILES string of the molecule is CCCO[C@H](C)C(=O)NCc1cc2n(n1)CCCN(C(=O)C1CCC1)C2. The van der Waals surface area contributed by atoms with Gasteiger partial charge in [0, 0.05) is 25.6 Å². The van der Waals surface area contributed by atoms with Crippen LogP contribution in [0.3, 0.4) is 0 Å². The van der Waals surface area contributed by atoms with Crippen molar-refractivity contribution in [2.24, 2.45) is 5.92 Å². The van der Waals surface area contributed by atoms with Gasteiger partial charge in [-0.3, -0.25) is 14.3 Å². The first-order chi connectivity index (χ1) is 12.6. The number of ether oxygens (including phenoxy) is 1. The number of hydrogen-bond donors (Lipinski definition) is 1. The number of rotatable bonds is 7. The Morgan fingerprint density at radius 1 is 1.35 bits per heavy atom. The van der Waals surface area contributed by atoms with Gasteiger partial charge in [-0.25, -0.2) is 0 Å². The van der Waals surface area contributed by atoms with Crippen LogP contribution < -0.4 is 5.32 Å². The number of aryl methyl sites for hydroxylation is 1. The molecule has 1 atom stereocenters. The van der Waals surface area contributed by atoms with Crippen molar-refractivity contribution in [3.63, 3.8) is 0 Å². The van der Waals surface area contributed by atoms with Gasteiger partial charge in [0.1, 0.15) is 6.10 Å². The third kappa shape index (κ3) is 4.44. The van der Waals surface area contributed by atoms with Crippen molar-refractivity contribution in [3.8, 4) is 0 Å². The lowest BCUT2D eigenvalue weighted by molar-refractivity contribution is -0.138. The van der Waals surface area contributed by atoms with Gasteiger partial charge in [-0.2, -0.15) is 5.10 Å². The summed E-state index contributed by atoms with van der Waals surface area (Å²) in [6.07, 6.45) is 4.59. The molecule has 7 nitrogen and oxygen atoms in total. The summed E-state index contributed by atoms with van der Waals surface area (Å²) in [5.74, 6) is 0.402. The molecule has 26 heavy (non-hydrogen) atoms. The van der Waals surface area contributed by atoms with E-state index in [9.17, 15) is 9.59 Å². The highest BCUT2D eigenvalue weighted by Gasteiger charge is 2.30. The number of fused-ring (bicyclic) bond motifs is 1. The molecular weight excluding hydrogens is 332 g/mol. The van der Waals surface area contributed by atoms with E-state index in [0.29, 0.717) is 25.6 Å². The summed E-state index contributed by atoms with van der Waals surface area (Å²) < 4.78 is 7.41. The van der Waals surface area contributed by atoms with Gasteiger partial charge >= 0.3 is 0 Å². The molecule has 0 spiro atoms. The topological polar surface area (TPSA) is 76.5 Å². The normalized spacial score (nSPS) is 18.6. The molecule has 0 saturated heterocycles. The van der Waals surface area contributed by atoms with E-state index in [4.69, 9.17) is 4.74 Å². The standard InChI is InChI=1S/C19H30N4O3/c1-3-10-26-14(2)18(24)20-12-16-11-17-13-22(8-5-9-23(17)21-16)19(25)15-6-4-7-15/h11,14-15H,3-10,12-13H2,1-2H3,(H,20,24)/t14-/m1/s1. The maximum absolute atomic E-state index is 12.6. The Morgan fingerprint density at radius 2 is 2.15 bits per heavy atom. The largest absolute Gasteiger partial charge is 0.369 e. The van der Waals surface area contributed by atoms with Gasteiger partial charge in [-0.1, -0.05) is 13.3 Å². The zero-order valence-electron chi connectivity index (χ0n) is 15.9. The average molecular weight is 362 g/mol. The molecule has 1 aliphatic heterocycles. The first-order valence-electron chi connectivity index (χ1n) is 9.82. The molecule has 3 rings (SSSR count). The van der Waals surface area contributed by atoms with Gasteiger partial charge in [0.05, 0.1) is 24.5 Å². The van der Waals surface area contributed by atoms with E-state index >= 15 is 0 Å². The van der Waals surface area contributed by atoms with Crippen LogP contribution in [0.5, 0.6) is 0 Å². The van der Waals surface area contributed by atoms with E-state index in [1.807, 2.05) is 22.6 Å². The van der Waals surface area contributed by atoms with E-state index in [1.165, 1.54) is 6.42 Å². The second kappa shape index (κ2) is 8.66. The number of nitrogens with one attached hydrogen (secondary N) is 1. The summed E-state index contributed by atoms with van der Waals surface area (Å²) in [7, 11) is 0. The lowest BCUT2D eigenvalue weighted by atomic mass is 9.84. The summed E-state index contributed by atoms with van der Waals surface area (Å²) in [4.78, 5) is 26.6. The Bertz CT molecular complexity index is 639. The Morgan fingerprint density at radius 3 is 2.85 bits per heavy atom. The van der Waals surface area contributed by atoms with E-state index in [0.717, 1.165) is 50.2 Å². The highest BCUT2D eigenvalue weighted by molar-refractivity contribution is 5.80. The van der Waals surface area contributed by atoms with Crippen LogP contribution in [0.4, 0.5) is 0 Å². The van der Waals surface area contributed by atoms with Crippen LogP contribution in [-0.4, -0.2) is 45.8 Å². The molecule has 2 aliphatic rings. The maximum Gasteiger partial charge on any atom is 0.249 e. The van der Waals surface area contributed by atoms with Crippen molar-refractivity contribution in [1.82, 2.24) is 20.0 Å². The molecule has 2 heterocycles. The second-order valence-corrected chi connectivity index (χ2v) is 7.32. The quantitative estimate of drug-likeness (QED) is 0.803. The highest BCUT2D eigenvalue weighted by Crippen LogP contribution is 2.29. The van der Waals surface area contributed by atoms with Gasteiger partial charge in [0.15, 0.2) is 0 Å². The number of carbonyl (C=O) groups is 2. The average Bonchev–Trinajstić information content (AvgIpc) is 2.86. The molecule has 1 aromatic heterocycles. The minimum absolute atomic E-state index is 0.122. The fourth-order valence-corrected chi connectivity index (χ4v) is 3.40. The highest BCUT2D eigenvalue weighted by atomic mass is 16.5. The molecule has 1 aromatic rings. The number of amides is 2. The predicted molar refractivity (Wildman–Crippen MR) is 97.2 cm³/mol. The minimum Gasteiger partial charge on any atom is -0.369 e. The van der Waals surface area contributed by atoms with Crippen LogP contribution in [0, 0.1) is 5.92 Å². The Balaban J connectivity index is 1.55. The molecule has 2 amide bonds. The van der Waals surface area contributed by atoms with E-state index in [-0.39, 0.29) is 11.8 Å². The molecule has 1 N–H and O–H groups in total. The summed E-state index contributed by atoms with van der Waals surface area (Å²) in [6.45, 7) is 6.98. The summed E-state index contributed by atoms with van der Waals surface area (Å²) in [5, 5.41) is 7.48. The van der Waals surface area contributed by atoms with Crippen LogP contribution in [0.2, 0.25) is 0 Å². The number of aromatic nitrogens is 2. The Kier molecular flexibility index (Phi) is 6.29. The van der Waals surface area contributed by atoms with Crippen molar-refractivity contribution < 1.29 is 14.3 Å². The molecule has 0 bridgehead atoms. The van der Waals surface area contributed by atoms with E-state index < -0.39 is 6.10 Å².